The first-order valence-corrected chi connectivity index (χ1v) is 22.4. The normalized spacial score (nSPS) is 33.3. The topological polar surface area (TPSA) is 429 Å². The van der Waals surface area contributed by atoms with Crippen LogP contribution in [0.2, 0.25) is 0 Å². The fourth-order valence-electron chi connectivity index (χ4n) is 8.42. The number of phenols is 4. The highest BCUT2D eigenvalue weighted by Crippen LogP contribution is 2.49. The second-order valence-electron chi connectivity index (χ2n) is 17.5. The van der Waals surface area contributed by atoms with E-state index in [9.17, 15) is 91.0 Å². The fraction of sp³-hybridized carbons (Fsp3) is 0.543. The van der Waals surface area contributed by atoms with E-state index in [2.05, 4.69) is 0 Å². The number of fused-ring (bicyclic) bond motifs is 1. The van der Waals surface area contributed by atoms with E-state index in [1.165, 1.54) is 42.5 Å². The van der Waals surface area contributed by atoms with Crippen LogP contribution in [-0.2, 0) is 52.3 Å². The molecule has 0 radical (unpaired) electrons. The van der Waals surface area contributed by atoms with Crippen molar-refractivity contribution in [3.63, 3.8) is 0 Å². The minimum Gasteiger partial charge on any atom is -0.504 e. The molecule has 3 fully saturated rings. The second-order valence-corrected chi connectivity index (χ2v) is 17.5. The lowest BCUT2D eigenvalue weighted by Crippen LogP contribution is -2.60. The van der Waals surface area contributed by atoms with E-state index < -0.39 is 172 Å². The summed E-state index contributed by atoms with van der Waals surface area (Å²) in [6, 6.07) is 7.54. The first-order valence-electron chi connectivity index (χ1n) is 22.4. The van der Waals surface area contributed by atoms with E-state index in [-0.39, 0.29) is 23.5 Å². The maximum Gasteiger partial charge on any atom is 0.337 e. The summed E-state index contributed by atoms with van der Waals surface area (Å²) in [4.78, 5) is 39.0. The fourth-order valence-corrected chi connectivity index (χ4v) is 8.42. The number of phenolic OH excluding ortho intramolecular Hbond substituents is 4. The van der Waals surface area contributed by atoms with Gasteiger partial charge in [0.25, 0.3) is 0 Å². The second kappa shape index (κ2) is 24.5. The number of hydrogen-bond acceptors (Lipinski definition) is 26. The van der Waals surface area contributed by atoms with E-state index in [4.69, 9.17) is 37.9 Å². The largest absolute Gasteiger partial charge is 0.504 e. The number of benzene rings is 2. The molecular weight excluding hydrogens is 968 g/mol. The molecule has 19 unspecified atom stereocenters. The number of aromatic hydroxyl groups is 4. The third-order valence-electron chi connectivity index (χ3n) is 12.6. The van der Waals surface area contributed by atoms with Gasteiger partial charge in [-0.25, -0.2) is 14.4 Å². The lowest BCUT2D eigenvalue weighted by atomic mass is 9.83. The molecule has 15 N–H and O–H groups in total. The number of aliphatic hydroxyl groups excluding tert-OH is 11. The molecule has 398 valence electrons. The van der Waals surface area contributed by atoms with Crippen molar-refractivity contribution < 1.29 is 129 Å². The first kappa shape index (κ1) is 55.8. The maximum absolute atomic E-state index is 13.6. The van der Waals surface area contributed by atoms with E-state index in [1.54, 1.807) is 6.92 Å². The van der Waals surface area contributed by atoms with Gasteiger partial charge in [-0.1, -0.05) is 19.1 Å². The summed E-state index contributed by atoms with van der Waals surface area (Å²) >= 11 is 0. The molecule has 3 heterocycles. The van der Waals surface area contributed by atoms with E-state index >= 15 is 0 Å². The number of ether oxygens (including phenoxy) is 8. The SMILES string of the molecule is CC1C(OC(=O)C=Cc2ccc(O)c(O)c2)CC2C(C(=O)OCC(O)C(O)C(O)C(O)COC3OC(COC(=O)C=Cc4ccc(O)c(O)c4)C(O)C(O)C3O)=COC(OC3OC(CO)C(O)C(O)C3O)C21. The van der Waals surface area contributed by atoms with E-state index in [0.717, 1.165) is 24.5 Å². The van der Waals surface area contributed by atoms with Crippen molar-refractivity contribution in [3.05, 3.63) is 71.5 Å². The zero-order valence-corrected chi connectivity index (χ0v) is 38.1. The summed E-state index contributed by atoms with van der Waals surface area (Å²) in [6.45, 7) is -1.78. The lowest BCUT2D eigenvalue weighted by Gasteiger charge is -2.43. The Morgan fingerprint density at radius 1 is 0.667 bits per heavy atom. The summed E-state index contributed by atoms with van der Waals surface area (Å²) < 4.78 is 43.9. The molecule has 0 bridgehead atoms. The molecule has 3 aliphatic heterocycles. The quantitative estimate of drug-likeness (QED) is 0.0275. The van der Waals surface area contributed by atoms with E-state index in [0.29, 0.717) is 11.1 Å². The number of esters is 3. The van der Waals surface area contributed by atoms with Crippen LogP contribution in [0.3, 0.4) is 0 Å². The molecule has 1 saturated carbocycles. The third-order valence-corrected chi connectivity index (χ3v) is 12.6. The molecule has 0 spiro atoms. The van der Waals surface area contributed by atoms with Gasteiger partial charge in [0.05, 0.1) is 25.0 Å². The molecule has 1 aliphatic carbocycles. The third kappa shape index (κ3) is 13.2. The average molecular weight is 1030 g/mol. The molecule has 4 aliphatic rings. The summed E-state index contributed by atoms with van der Waals surface area (Å²) in [5.74, 6) is -7.15. The van der Waals surface area contributed by atoms with Crippen LogP contribution in [0.4, 0.5) is 0 Å². The Morgan fingerprint density at radius 2 is 1.21 bits per heavy atom. The van der Waals surface area contributed by atoms with Crippen molar-refractivity contribution >= 4 is 30.1 Å². The van der Waals surface area contributed by atoms with Crippen LogP contribution < -0.4 is 0 Å². The molecule has 19 atom stereocenters. The van der Waals surface area contributed by atoms with Crippen LogP contribution in [0.25, 0.3) is 12.2 Å². The summed E-state index contributed by atoms with van der Waals surface area (Å²) in [7, 11) is 0. The zero-order chi connectivity index (χ0) is 52.7. The Balaban J connectivity index is 1.04. The minimum atomic E-state index is -2.23. The van der Waals surface area contributed by atoms with Crippen LogP contribution in [0.1, 0.15) is 24.5 Å². The first-order chi connectivity index (χ1) is 34.1. The Hall–Kier alpha value is -5.53. The van der Waals surface area contributed by atoms with Gasteiger partial charge in [-0.05, 0) is 54.0 Å². The number of carbonyl (C=O) groups is 3. The number of rotatable bonds is 19. The van der Waals surface area contributed by atoms with Crippen LogP contribution in [0.15, 0.2) is 60.4 Å². The van der Waals surface area contributed by atoms with Gasteiger partial charge in [-0.15, -0.1) is 0 Å². The van der Waals surface area contributed by atoms with Crippen molar-refractivity contribution in [2.45, 2.75) is 112 Å². The molecule has 2 saturated heterocycles. The Morgan fingerprint density at radius 3 is 1.79 bits per heavy atom. The van der Waals surface area contributed by atoms with Gasteiger partial charge in [-0.2, -0.15) is 0 Å². The van der Waals surface area contributed by atoms with Crippen molar-refractivity contribution in [1.29, 1.82) is 0 Å². The van der Waals surface area contributed by atoms with Crippen LogP contribution in [-0.4, -0.2) is 219 Å². The van der Waals surface area contributed by atoms with Crippen LogP contribution in [0, 0.1) is 17.8 Å². The number of hydrogen-bond donors (Lipinski definition) is 15. The highest BCUT2D eigenvalue weighted by molar-refractivity contribution is 5.89. The van der Waals surface area contributed by atoms with Crippen LogP contribution in [0.5, 0.6) is 23.0 Å². The smallest absolute Gasteiger partial charge is 0.337 e. The Labute approximate surface area is 408 Å². The zero-order valence-electron chi connectivity index (χ0n) is 38.1. The van der Waals surface area contributed by atoms with Gasteiger partial charge in [0, 0.05) is 29.9 Å². The van der Waals surface area contributed by atoms with Crippen molar-refractivity contribution in [3.8, 4) is 23.0 Å². The molecule has 0 aromatic heterocycles. The van der Waals surface area contributed by atoms with Gasteiger partial charge < -0.3 is 114 Å². The van der Waals surface area contributed by atoms with Crippen molar-refractivity contribution in [2.24, 2.45) is 17.8 Å². The lowest BCUT2D eigenvalue weighted by molar-refractivity contribution is -0.342. The number of carbonyl (C=O) groups excluding carboxylic acids is 3. The monoisotopic (exact) mass is 1030 g/mol. The van der Waals surface area contributed by atoms with Crippen molar-refractivity contribution in [1.82, 2.24) is 0 Å². The molecule has 0 amide bonds. The predicted octanol–water partition coefficient (Wildman–Crippen LogP) is -4.17. The van der Waals surface area contributed by atoms with Gasteiger partial charge in [0.15, 0.2) is 35.6 Å². The van der Waals surface area contributed by atoms with E-state index in [1.807, 2.05) is 0 Å². The van der Waals surface area contributed by atoms with Gasteiger partial charge in [0.1, 0.15) is 92.6 Å². The Kier molecular flexibility index (Phi) is 19.0. The molecule has 72 heavy (non-hydrogen) atoms. The molecule has 2 aromatic rings. The summed E-state index contributed by atoms with van der Waals surface area (Å²) in [6.07, 6.45) is -23.0. The Bertz CT molecular complexity index is 2270. The highest BCUT2D eigenvalue weighted by Gasteiger charge is 2.55. The van der Waals surface area contributed by atoms with Crippen LogP contribution >= 0.6 is 0 Å². The van der Waals surface area contributed by atoms with Crippen molar-refractivity contribution in [2.75, 3.05) is 26.4 Å². The summed E-state index contributed by atoms with van der Waals surface area (Å²) in [5.41, 5.74) is 0.453. The molecule has 6 rings (SSSR count). The van der Waals surface area contributed by atoms with Gasteiger partial charge in [0.2, 0.25) is 6.29 Å². The number of aliphatic hydroxyl groups is 11. The average Bonchev–Trinajstić information content (AvgIpc) is 3.69. The molecule has 2 aromatic carbocycles. The molecular formula is C46H58O26. The molecule has 26 heteroatoms. The predicted molar refractivity (Wildman–Crippen MR) is 235 cm³/mol. The van der Waals surface area contributed by atoms with Gasteiger partial charge >= 0.3 is 17.9 Å². The highest BCUT2D eigenvalue weighted by atomic mass is 16.8. The minimum absolute atomic E-state index is 0.0756. The standard InChI is InChI=1S/C46H58O26/c1-18-29(69-33(55)9-5-20-3-7-24(49)26(51)11-20)12-21-22(14-67-44(34(18)21)72-46-42(63)39(60)37(58)30(13-47)70-46)43(64)66-15-27(52)35(56)36(57)28(53)16-68-45-41(62)40(61)38(59)31(71-45)17-65-32(54)8-4-19-2-6-23(48)25(50)10-19/h2-11,14,18,21,27-31,34-42,44-53,56-63H,12-13,15-17H2,1H3. The van der Waals surface area contributed by atoms with Gasteiger partial charge in [-0.3, -0.25) is 0 Å². The summed E-state index contributed by atoms with van der Waals surface area (Å²) in [5, 5.41) is 154. The maximum atomic E-state index is 13.6. The molecule has 26 nitrogen and oxygen atoms in total.